The highest BCUT2D eigenvalue weighted by molar-refractivity contribution is 6.30. The van der Waals surface area contributed by atoms with Gasteiger partial charge in [0.2, 0.25) is 5.91 Å². The Bertz CT molecular complexity index is 758. The molecule has 5 nitrogen and oxygen atoms in total. The van der Waals surface area contributed by atoms with Crippen molar-refractivity contribution in [1.29, 1.82) is 0 Å². The van der Waals surface area contributed by atoms with Crippen molar-refractivity contribution in [2.45, 2.75) is 13.3 Å². The second kappa shape index (κ2) is 8.53. The van der Waals surface area contributed by atoms with E-state index < -0.39 is 0 Å². The number of ether oxygens (including phenoxy) is 1. The molecule has 2 rings (SSSR count). The molecule has 0 aliphatic rings. The first-order valence-corrected chi connectivity index (χ1v) is 8.21. The Balaban J connectivity index is 1.87. The molecule has 0 radical (unpaired) electrons. The van der Waals surface area contributed by atoms with E-state index in [9.17, 15) is 9.59 Å². The zero-order chi connectivity index (χ0) is 18.4. The summed E-state index contributed by atoms with van der Waals surface area (Å²) >= 11 is 5.89. The second-order valence-corrected chi connectivity index (χ2v) is 6.34. The lowest BCUT2D eigenvalue weighted by Crippen LogP contribution is -2.23. The minimum atomic E-state index is -0.258. The zero-order valence-electron chi connectivity index (χ0n) is 14.5. The Kier molecular flexibility index (Phi) is 6.42. The average Bonchev–Trinajstić information content (AvgIpc) is 2.55. The van der Waals surface area contributed by atoms with Crippen molar-refractivity contribution in [3.8, 4) is 5.75 Å². The Labute approximate surface area is 152 Å². The lowest BCUT2D eigenvalue weighted by molar-refractivity contribution is -0.128. The Morgan fingerprint density at radius 3 is 2.40 bits per heavy atom. The van der Waals surface area contributed by atoms with E-state index in [2.05, 4.69) is 5.32 Å². The molecule has 0 unspecified atom stereocenters. The number of aryl methyl sites for hydroxylation is 1. The molecular formula is C19H21ClN2O3. The highest BCUT2D eigenvalue weighted by Gasteiger charge is 2.08. The maximum atomic E-state index is 12.0. The van der Waals surface area contributed by atoms with Crippen molar-refractivity contribution in [2.75, 3.05) is 26.0 Å². The summed E-state index contributed by atoms with van der Waals surface area (Å²) < 4.78 is 5.51. The number of nitrogens with one attached hydrogen (secondary N) is 1. The van der Waals surface area contributed by atoms with E-state index in [-0.39, 0.29) is 18.4 Å². The van der Waals surface area contributed by atoms with Gasteiger partial charge in [-0.2, -0.15) is 0 Å². The van der Waals surface area contributed by atoms with Crippen LogP contribution in [0, 0.1) is 6.92 Å². The molecule has 0 aliphatic heterocycles. The number of nitrogens with zero attached hydrogens (tertiary/aromatic N) is 1. The second-order valence-electron chi connectivity index (χ2n) is 5.91. The van der Waals surface area contributed by atoms with Gasteiger partial charge in [-0.25, -0.2) is 0 Å². The molecule has 0 bridgehead atoms. The van der Waals surface area contributed by atoms with Gasteiger partial charge in [0, 0.05) is 24.8 Å². The number of carbonyl (C=O) groups is 2. The lowest BCUT2D eigenvalue weighted by atomic mass is 10.1. The van der Waals surface area contributed by atoms with Crippen molar-refractivity contribution in [2.24, 2.45) is 0 Å². The van der Waals surface area contributed by atoms with Crippen LogP contribution in [0.25, 0.3) is 0 Å². The molecule has 0 heterocycles. The van der Waals surface area contributed by atoms with Crippen LogP contribution in [0.5, 0.6) is 5.75 Å². The van der Waals surface area contributed by atoms with Crippen LogP contribution >= 0.6 is 11.6 Å². The van der Waals surface area contributed by atoms with Gasteiger partial charge >= 0.3 is 0 Å². The Morgan fingerprint density at radius 1 is 1.12 bits per heavy atom. The zero-order valence-corrected chi connectivity index (χ0v) is 15.3. The smallest absolute Gasteiger partial charge is 0.262 e. The number of anilines is 1. The number of carbonyl (C=O) groups excluding carboxylic acids is 2. The molecule has 0 saturated heterocycles. The van der Waals surface area contributed by atoms with Crippen LogP contribution in [0.4, 0.5) is 5.69 Å². The predicted octanol–water partition coefficient (Wildman–Crippen LogP) is 3.30. The normalized spacial score (nSPS) is 10.2. The molecule has 0 fully saturated rings. The molecule has 0 aliphatic carbocycles. The fraction of sp³-hybridized carbons (Fsp3) is 0.263. The average molecular weight is 361 g/mol. The minimum absolute atomic E-state index is 0.0310. The van der Waals surface area contributed by atoms with Crippen LogP contribution in [-0.4, -0.2) is 37.4 Å². The van der Waals surface area contributed by atoms with E-state index in [0.29, 0.717) is 22.9 Å². The fourth-order valence-electron chi connectivity index (χ4n) is 2.15. The lowest BCUT2D eigenvalue weighted by Gasteiger charge is -2.11. The third-order valence-corrected chi connectivity index (χ3v) is 3.82. The van der Waals surface area contributed by atoms with E-state index in [1.165, 1.54) is 0 Å². The van der Waals surface area contributed by atoms with Crippen molar-refractivity contribution >= 4 is 29.1 Å². The van der Waals surface area contributed by atoms with Gasteiger partial charge < -0.3 is 15.0 Å². The number of halogens is 1. The summed E-state index contributed by atoms with van der Waals surface area (Å²) in [6.45, 7) is 1.77. The molecule has 2 aromatic rings. The standard InChI is InChI=1S/C19H21ClN2O3/c1-13-10-15(20)6-9-17(13)25-12-18(23)21-16-7-4-14(5-8-16)11-19(24)22(2)3/h4-10H,11-12H2,1-3H3,(H,21,23). The molecule has 2 amide bonds. The summed E-state index contributed by atoms with van der Waals surface area (Å²) in [7, 11) is 3.44. The van der Waals surface area contributed by atoms with Crippen molar-refractivity contribution in [3.63, 3.8) is 0 Å². The first-order chi connectivity index (χ1) is 11.8. The quantitative estimate of drug-likeness (QED) is 0.859. The molecule has 0 spiro atoms. The maximum absolute atomic E-state index is 12.0. The van der Waals surface area contributed by atoms with E-state index in [1.807, 2.05) is 19.1 Å². The van der Waals surface area contributed by atoms with Crippen LogP contribution < -0.4 is 10.1 Å². The summed E-state index contributed by atoms with van der Waals surface area (Å²) in [4.78, 5) is 25.2. The Morgan fingerprint density at radius 2 is 1.80 bits per heavy atom. The largest absolute Gasteiger partial charge is 0.483 e. The number of rotatable bonds is 6. The summed E-state index contributed by atoms with van der Waals surface area (Å²) in [6.07, 6.45) is 0.334. The third-order valence-electron chi connectivity index (χ3n) is 3.59. The predicted molar refractivity (Wildman–Crippen MR) is 99.2 cm³/mol. The highest BCUT2D eigenvalue weighted by Crippen LogP contribution is 2.21. The number of amides is 2. The molecule has 25 heavy (non-hydrogen) atoms. The first kappa shape index (κ1) is 18.8. The molecule has 0 saturated carbocycles. The SMILES string of the molecule is Cc1cc(Cl)ccc1OCC(=O)Nc1ccc(CC(=O)N(C)C)cc1. The van der Waals surface area contributed by atoms with E-state index in [0.717, 1.165) is 11.1 Å². The van der Waals surface area contributed by atoms with Gasteiger partial charge in [0.15, 0.2) is 6.61 Å². The van der Waals surface area contributed by atoms with Gasteiger partial charge in [0.05, 0.1) is 6.42 Å². The third kappa shape index (κ3) is 5.80. The molecule has 0 aromatic heterocycles. The van der Waals surface area contributed by atoms with Gasteiger partial charge in [0.1, 0.15) is 5.75 Å². The molecule has 0 atom stereocenters. The van der Waals surface area contributed by atoms with Crippen LogP contribution in [-0.2, 0) is 16.0 Å². The van der Waals surface area contributed by atoms with Crippen LogP contribution in [0.2, 0.25) is 5.02 Å². The van der Waals surface area contributed by atoms with E-state index in [1.54, 1.807) is 49.3 Å². The van der Waals surface area contributed by atoms with Crippen molar-refractivity contribution in [1.82, 2.24) is 4.90 Å². The van der Waals surface area contributed by atoms with Crippen LogP contribution in [0.15, 0.2) is 42.5 Å². The summed E-state index contributed by atoms with van der Waals surface area (Å²) in [6, 6.07) is 12.4. The number of hydrogen-bond acceptors (Lipinski definition) is 3. The van der Waals surface area contributed by atoms with Gasteiger partial charge in [0.25, 0.3) is 5.91 Å². The van der Waals surface area contributed by atoms with Gasteiger partial charge in [-0.05, 0) is 48.4 Å². The minimum Gasteiger partial charge on any atom is -0.483 e. The number of hydrogen-bond donors (Lipinski definition) is 1. The van der Waals surface area contributed by atoms with Crippen molar-refractivity contribution in [3.05, 3.63) is 58.6 Å². The molecule has 2 aromatic carbocycles. The molecule has 132 valence electrons. The summed E-state index contributed by atoms with van der Waals surface area (Å²) in [5, 5.41) is 3.39. The topological polar surface area (TPSA) is 58.6 Å². The van der Waals surface area contributed by atoms with Gasteiger partial charge in [-0.3, -0.25) is 9.59 Å². The Hall–Kier alpha value is -2.53. The molecule has 1 N–H and O–H groups in total. The monoisotopic (exact) mass is 360 g/mol. The van der Waals surface area contributed by atoms with Crippen molar-refractivity contribution < 1.29 is 14.3 Å². The number of likely N-dealkylation sites (N-methyl/N-ethyl adjacent to an activating group) is 1. The number of benzene rings is 2. The summed E-state index contributed by atoms with van der Waals surface area (Å²) in [5.74, 6) is 0.395. The maximum Gasteiger partial charge on any atom is 0.262 e. The summed E-state index contributed by atoms with van der Waals surface area (Å²) in [5.41, 5.74) is 2.42. The van der Waals surface area contributed by atoms with E-state index >= 15 is 0 Å². The van der Waals surface area contributed by atoms with Crippen LogP contribution in [0.3, 0.4) is 0 Å². The highest BCUT2D eigenvalue weighted by atomic mass is 35.5. The van der Waals surface area contributed by atoms with Gasteiger partial charge in [-0.15, -0.1) is 0 Å². The molecule has 6 heteroatoms. The fourth-order valence-corrected chi connectivity index (χ4v) is 2.38. The van der Waals surface area contributed by atoms with Crippen LogP contribution in [0.1, 0.15) is 11.1 Å². The molecular weight excluding hydrogens is 340 g/mol. The van der Waals surface area contributed by atoms with E-state index in [4.69, 9.17) is 16.3 Å². The first-order valence-electron chi connectivity index (χ1n) is 7.83. The van der Waals surface area contributed by atoms with Gasteiger partial charge in [-0.1, -0.05) is 23.7 Å².